The first-order chi connectivity index (χ1) is 8.11. The van der Waals surface area contributed by atoms with E-state index in [1.54, 1.807) is 7.05 Å². The van der Waals surface area contributed by atoms with Crippen LogP contribution in [0.2, 0.25) is 0 Å². The molecule has 0 unspecified atom stereocenters. The first-order valence-corrected chi connectivity index (χ1v) is 6.02. The van der Waals surface area contributed by atoms with Crippen molar-refractivity contribution in [2.24, 2.45) is 12.8 Å². The van der Waals surface area contributed by atoms with E-state index in [0.29, 0.717) is 11.7 Å². The van der Waals surface area contributed by atoms with Gasteiger partial charge >= 0.3 is 5.69 Å². The van der Waals surface area contributed by atoms with E-state index < -0.39 is 0 Å². The highest BCUT2D eigenvalue weighted by Crippen LogP contribution is 2.28. The van der Waals surface area contributed by atoms with Crippen LogP contribution in [0.5, 0.6) is 0 Å². The average Bonchev–Trinajstić information content (AvgIpc) is 2.63. The average molecular weight is 250 g/mol. The molecule has 3 N–H and O–H groups in total. The minimum absolute atomic E-state index is 0.205. The maximum Gasteiger partial charge on any atom is 0.343 e. The van der Waals surface area contributed by atoms with Crippen molar-refractivity contribution in [3.8, 4) is 0 Å². The van der Waals surface area contributed by atoms with Crippen LogP contribution in [0.15, 0.2) is 33.0 Å². The number of nitrogens with two attached hydrogens (primary N) is 1. The predicted octanol–water partition coefficient (Wildman–Crippen LogP) is 1.03. The number of hydrogen-bond donors (Lipinski definition) is 2. The summed E-state index contributed by atoms with van der Waals surface area (Å²) in [4.78, 5) is 12.3. The van der Waals surface area contributed by atoms with Crippen molar-refractivity contribution in [2.45, 2.75) is 23.5 Å². The van der Waals surface area contributed by atoms with E-state index in [0.717, 1.165) is 16.0 Å². The lowest BCUT2D eigenvalue weighted by molar-refractivity contribution is 0.765. The number of aromatic amines is 1. The van der Waals surface area contributed by atoms with Gasteiger partial charge in [-0.25, -0.2) is 9.89 Å². The summed E-state index contributed by atoms with van der Waals surface area (Å²) in [7, 11) is 1.69. The van der Waals surface area contributed by atoms with Crippen LogP contribution in [-0.2, 0) is 13.6 Å². The van der Waals surface area contributed by atoms with Crippen molar-refractivity contribution in [1.29, 1.82) is 0 Å². The summed E-state index contributed by atoms with van der Waals surface area (Å²) >= 11 is 1.46. The van der Waals surface area contributed by atoms with E-state index >= 15 is 0 Å². The SMILES string of the molecule is Cc1cc(CN)ccc1Sc1n[nH]c(=O)n1C. The van der Waals surface area contributed by atoms with Gasteiger partial charge < -0.3 is 5.73 Å². The molecule has 17 heavy (non-hydrogen) atoms. The minimum atomic E-state index is -0.205. The first-order valence-electron chi connectivity index (χ1n) is 5.20. The molecule has 1 aromatic carbocycles. The van der Waals surface area contributed by atoms with E-state index in [2.05, 4.69) is 10.2 Å². The highest BCUT2D eigenvalue weighted by Gasteiger charge is 2.08. The number of benzene rings is 1. The zero-order valence-corrected chi connectivity index (χ0v) is 10.5. The molecule has 0 aliphatic heterocycles. The Labute approximate surface area is 103 Å². The fourth-order valence-corrected chi connectivity index (χ4v) is 2.34. The van der Waals surface area contributed by atoms with E-state index in [4.69, 9.17) is 5.73 Å². The molecule has 5 nitrogen and oxygen atoms in total. The van der Waals surface area contributed by atoms with E-state index in [1.807, 2.05) is 25.1 Å². The van der Waals surface area contributed by atoms with E-state index in [9.17, 15) is 4.79 Å². The number of nitrogens with zero attached hydrogens (tertiary/aromatic N) is 2. The molecule has 1 aromatic heterocycles. The third-order valence-electron chi connectivity index (χ3n) is 2.52. The largest absolute Gasteiger partial charge is 0.343 e. The third-order valence-corrected chi connectivity index (χ3v) is 3.74. The van der Waals surface area contributed by atoms with Crippen LogP contribution in [-0.4, -0.2) is 14.8 Å². The molecule has 0 aliphatic rings. The Kier molecular flexibility index (Phi) is 3.35. The van der Waals surface area contributed by atoms with Gasteiger partial charge in [-0.15, -0.1) is 5.10 Å². The molecule has 1 heterocycles. The Bertz CT molecular complexity index is 587. The van der Waals surface area contributed by atoms with Gasteiger partial charge in [0.1, 0.15) is 0 Å². The number of rotatable bonds is 3. The van der Waals surface area contributed by atoms with Crippen molar-refractivity contribution in [3.05, 3.63) is 39.8 Å². The first kappa shape index (κ1) is 11.9. The second kappa shape index (κ2) is 4.77. The Morgan fingerprint density at radius 3 is 2.82 bits per heavy atom. The molecule has 0 aliphatic carbocycles. The monoisotopic (exact) mass is 250 g/mol. The van der Waals surface area contributed by atoms with Gasteiger partial charge in [0.25, 0.3) is 0 Å². The molecule has 2 aromatic rings. The molecule has 0 saturated carbocycles. The van der Waals surface area contributed by atoms with Crippen molar-refractivity contribution < 1.29 is 0 Å². The molecule has 90 valence electrons. The maximum atomic E-state index is 11.2. The van der Waals surface area contributed by atoms with Crippen LogP contribution in [0.4, 0.5) is 0 Å². The highest BCUT2D eigenvalue weighted by atomic mass is 32.2. The smallest absolute Gasteiger partial charge is 0.326 e. The van der Waals surface area contributed by atoms with E-state index in [1.165, 1.54) is 16.3 Å². The third kappa shape index (κ3) is 2.42. The number of H-pyrrole nitrogens is 1. The van der Waals surface area contributed by atoms with Gasteiger partial charge in [-0.1, -0.05) is 12.1 Å². The van der Waals surface area contributed by atoms with Crippen molar-refractivity contribution in [1.82, 2.24) is 14.8 Å². The van der Waals surface area contributed by atoms with Gasteiger partial charge in [0.05, 0.1) is 0 Å². The minimum Gasteiger partial charge on any atom is -0.326 e. The quantitative estimate of drug-likeness (QED) is 0.853. The van der Waals surface area contributed by atoms with Gasteiger partial charge in [0.2, 0.25) is 0 Å². The molecular formula is C11H14N4OS. The van der Waals surface area contributed by atoms with Gasteiger partial charge in [0.15, 0.2) is 5.16 Å². The maximum absolute atomic E-state index is 11.2. The Morgan fingerprint density at radius 2 is 2.29 bits per heavy atom. The standard InChI is InChI=1S/C11H14N4OS/c1-7-5-8(6-12)3-4-9(7)17-11-14-13-10(16)15(11)2/h3-5H,6,12H2,1-2H3,(H,13,16). The number of hydrogen-bond acceptors (Lipinski definition) is 4. The van der Waals surface area contributed by atoms with Crippen LogP contribution in [0, 0.1) is 6.92 Å². The fourth-order valence-electron chi connectivity index (χ4n) is 1.48. The Morgan fingerprint density at radius 1 is 1.53 bits per heavy atom. The van der Waals surface area contributed by atoms with Crippen LogP contribution in [0.3, 0.4) is 0 Å². The molecule has 0 atom stereocenters. The molecule has 6 heteroatoms. The van der Waals surface area contributed by atoms with Gasteiger partial charge in [-0.3, -0.25) is 4.57 Å². The summed E-state index contributed by atoms with van der Waals surface area (Å²) in [6, 6.07) is 6.04. The second-order valence-electron chi connectivity index (χ2n) is 3.78. The molecular weight excluding hydrogens is 236 g/mol. The molecule has 0 amide bonds. The number of nitrogens with one attached hydrogen (secondary N) is 1. The van der Waals surface area contributed by atoms with Crippen molar-refractivity contribution in [2.75, 3.05) is 0 Å². The van der Waals surface area contributed by atoms with Gasteiger partial charge in [-0.2, -0.15) is 0 Å². The molecule has 0 saturated heterocycles. The summed E-state index contributed by atoms with van der Waals surface area (Å²) in [5, 5.41) is 7.03. The summed E-state index contributed by atoms with van der Waals surface area (Å²) in [6.45, 7) is 2.55. The molecule has 2 rings (SSSR count). The molecule has 0 radical (unpaired) electrons. The molecule has 0 spiro atoms. The zero-order valence-electron chi connectivity index (χ0n) is 9.73. The zero-order chi connectivity index (χ0) is 12.4. The van der Waals surface area contributed by atoms with E-state index in [-0.39, 0.29) is 5.69 Å². The van der Waals surface area contributed by atoms with Crippen LogP contribution in [0.25, 0.3) is 0 Å². The molecule has 0 fully saturated rings. The lowest BCUT2D eigenvalue weighted by Gasteiger charge is -2.06. The topological polar surface area (TPSA) is 76.7 Å². The van der Waals surface area contributed by atoms with Crippen molar-refractivity contribution in [3.63, 3.8) is 0 Å². The number of aryl methyl sites for hydroxylation is 1. The Hall–Kier alpha value is -1.53. The van der Waals surface area contributed by atoms with Gasteiger partial charge in [-0.05, 0) is 35.9 Å². The fraction of sp³-hybridized carbons (Fsp3) is 0.273. The number of aromatic nitrogens is 3. The second-order valence-corrected chi connectivity index (χ2v) is 4.79. The summed E-state index contributed by atoms with van der Waals surface area (Å²) < 4.78 is 1.49. The Balaban J connectivity index is 2.30. The van der Waals surface area contributed by atoms with Crippen LogP contribution < -0.4 is 11.4 Å². The summed E-state index contributed by atoms with van der Waals surface area (Å²) in [5.74, 6) is 0. The lowest BCUT2D eigenvalue weighted by atomic mass is 10.1. The molecule has 0 bridgehead atoms. The van der Waals surface area contributed by atoms with Crippen molar-refractivity contribution >= 4 is 11.8 Å². The van der Waals surface area contributed by atoms with Gasteiger partial charge in [0, 0.05) is 18.5 Å². The highest BCUT2D eigenvalue weighted by molar-refractivity contribution is 7.99. The normalized spacial score (nSPS) is 10.8. The lowest BCUT2D eigenvalue weighted by Crippen LogP contribution is -2.12. The van der Waals surface area contributed by atoms with Crippen LogP contribution >= 0.6 is 11.8 Å². The van der Waals surface area contributed by atoms with Crippen LogP contribution in [0.1, 0.15) is 11.1 Å². The summed E-state index contributed by atoms with van der Waals surface area (Å²) in [5.41, 5.74) is 7.61. The predicted molar refractivity (Wildman–Crippen MR) is 67.0 cm³/mol. The summed E-state index contributed by atoms with van der Waals surface area (Å²) in [6.07, 6.45) is 0.